The summed E-state index contributed by atoms with van der Waals surface area (Å²) in [7, 11) is 3.18. The molecule has 0 spiro atoms. The van der Waals surface area contributed by atoms with E-state index in [0.717, 1.165) is 24.8 Å². The van der Waals surface area contributed by atoms with Crippen LogP contribution in [0.3, 0.4) is 0 Å². The van der Waals surface area contributed by atoms with Crippen molar-refractivity contribution in [1.82, 2.24) is 4.73 Å². The zero-order valence-corrected chi connectivity index (χ0v) is 22.3. The van der Waals surface area contributed by atoms with Gasteiger partial charge in [-0.15, -0.1) is 4.73 Å². The second-order valence-corrected chi connectivity index (χ2v) is 9.60. The molecule has 1 aliphatic heterocycles. The number of ether oxygens (including phenoxy) is 3. The molecule has 0 fully saturated rings. The first-order valence-corrected chi connectivity index (χ1v) is 13.0. The van der Waals surface area contributed by atoms with Gasteiger partial charge in [-0.1, -0.05) is 30.7 Å². The van der Waals surface area contributed by atoms with E-state index in [2.05, 4.69) is 0 Å². The molecule has 0 saturated carbocycles. The summed E-state index contributed by atoms with van der Waals surface area (Å²) in [6, 6.07) is 21.0. The van der Waals surface area contributed by atoms with Crippen LogP contribution in [0.1, 0.15) is 47.9 Å². The minimum absolute atomic E-state index is 0.151. The highest BCUT2D eigenvalue weighted by atomic mass is 16.7. The third kappa shape index (κ3) is 5.15. The Balaban J connectivity index is 1.29. The van der Waals surface area contributed by atoms with Gasteiger partial charge < -0.3 is 34.4 Å². The lowest BCUT2D eigenvalue weighted by Crippen LogP contribution is -2.32. The van der Waals surface area contributed by atoms with Crippen molar-refractivity contribution in [3.63, 3.8) is 0 Å². The van der Waals surface area contributed by atoms with Crippen LogP contribution in [0.5, 0.6) is 34.8 Å². The summed E-state index contributed by atoms with van der Waals surface area (Å²) >= 11 is 0. The molecule has 0 aliphatic carbocycles. The van der Waals surface area contributed by atoms with E-state index in [9.17, 15) is 20.1 Å². The molecule has 4 aromatic rings. The van der Waals surface area contributed by atoms with Crippen LogP contribution in [-0.4, -0.2) is 40.2 Å². The van der Waals surface area contributed by atoms with Gasteiger partial charge in [-0.3, -0.25) is 0 Å². The molecule has 9 heteroatoms. The summed E-state index contributed by atoms with van der Waals surface area (Å²) in [5.74, 6) is 1.15. The third-order valence-corrected chi connectivity index (χ3v) is 7.08. The highest BCUT2D eigenvalue weighted by Crippen LogP contribution is 2.51. The van der Waals surface area contributed by atoms with Crippen LogP contribution >= 0.6 is 0 Å². The van der Waals surface area contributed by atoms with Gasteiger partial charge in [0.05, 0.1) is 14.2 Å². The van der Waals surface area contributed by atoms with Crippen molar-refractivity contribution >= 4 is 5.97 Å². The van der Waals surface area contributed by atoms with Gasteiger partial charge in [0.25, 0.3) is 0 Å². The Labute approximate surface area is 231 Å². The second kappa shape index (κ2) is 11.2. The number of aliphatic hydroxyl groups is 1. The molecular weight excluding hydrogens is 514 g/mol. The fraction of sp³-hybridized carbons (Fsp3) is 0.258. The van der Waals surface area contributed by atoms with E-state index in [0.29, 0.717) is 50.8 Å². The van der Waals surface area contributed by atoms with Crippen LogP contribution < -0.4 is 19.0 Å². The lowest BCUT2D eigenvalue weighted by Gasteiger charge is -2.37. The Hall–Kier alpha value is -4.63. The monoisotopic (exact) mass is 545 g/mol. The lowest BCUT2D eigenvalue weighted by molar-refractivity contribution is -0.145. The minimum atomic E-state index is -1.44. The molecule has 3 N–H and O–H groups in total. The number of nitrogens with zero attached hydrogens (tertiary/aromatic N) is 1. The van der Waals surface area contributed by atoms with E-state index in [-0.39, 0.29) is 18.2 Å². The first-order chi connectivity index (χ1) is 19.3. The number of unbranched alkanes of at least 4 members (excludes halogenated alkanes) is 2. The maximum Gasteiger partial charge on any atom is 0.333 e. The largest absolute Gasteiger partial charge is 0.497 e. The van der Waals surface area contributed by atoms with Crippen LogP contribution in [0.15, 0.2) is 72.8 Å². The van der Waals surface area contributed by atoms with Gasteiger partial charge >= 0.3 is 5.97 Å². The fourth-order valence-corrected chi connectivity index (χ4v) is 4.94. The smallest absolute Gasteiger partial charge is 0.333 e. The molecule has 9 nitrogen and oxygen atoms in total. The number of hydrogen-bond donors (Lipinski definition) is 3. The van der Waals surface area contributed by atoms with Crippen LogP contribution in [0, 0.1) is 0 Å². The third-order valence-electron chi connectivity index (χ3n) is 7.08. The summed E-state index contributed by atoms with van der Waals surface area (Å²) in [6.45, 7) is 0. The van der Waals surface area contributed by atoms with Gasteiger partial charge in [0.2, 0.25) is 11.8 Å². The maximum absolute atomic E-state index is 12.3. The highest BCUT2D eigenvalue weighted by molar-refractivity contribution is 5.70. The molecule has 0 radical (unpaired) electrons. The standard InChI is InChI=1S/C31H31NO8/c1-37-22-11-9-21(10-12-22)31(36)24-14-8-20(18-26(24)39-27-19-23(38-2)13-15-25(27)31)6-4-3-5-7-30(35)40-32-28(33)16-17-29(32)34/h8-19,33-34,36H,3-7H2,1-2H3. The number of aryl methyl sites for hydroxylation is 1. The van der Waals surface area contributed by atoms with Crippen molar-refractivity contribution < 1.29 is 39.2 Å². The molecule has 1 aromatic heterocycles. The fourth-order valence-electron chi connectivity index (χ4n) is 4.94. The first-order valence-electron chi connectivity index (χ1n) is 13.0. The SMILES string of the molecule is COc1ccc(C2(O)c3ccc(CCCCCC(=O)On4c(O)ccc4O)cc3Oc3cc(OC)ccc32)cc1. The van der Waals surface area contributed by atoms with E-state index in [1.165, 1.54) is 12.1 Å². The van der Waals surface area contributed by atoms with Crippen molar-refractivity contribution in [3.8, 4) is 34.8 Å². The number of aromatic hydroxyl groups is 2. The molecule has 0 amide bonds. The molecule has 3 aromatic carbocycles. The van der Waals surface area contributed by atoms with Crippen molar-refractivity contribution in [3.05, 3.63) is 95.1 Å². The van der Waals surface area contributed by atoms with Gasteiger partial charge in [0, 0.05) is 35.7 Å². The van der Waals surface area contributed by atoms with E-state index in [1.54, 1.807) is 26.4 Å². The van der Waals surface area contributed by atoms with E-state index in [4.69, 9.17) is 19.0 Å². The van der Waals surface area contributed by atoms with Crippen LogP contribution in [0.2, 0.25) is 0 Å². The van der Waals surface area contributed by atoms with Gasteiger partial charge in [-0.2, -0.15) is 0 Å². The number of aromatic nitrogens is 1. The lowest BCUT2D eigenvalue weighted by atomic mass is 9.77. The summed E-state index contributed by atoms with van der Waals surface area (Å²) in [5.41, 5.74) is 1.53. The molecule has 0 bridgehead atoms. The van der Waals surface area contributed by atoms with Gasteiger partial charge in [0.15, 0.2) is 0 Å². The first kappa shape index (κ1) is 27.0. The molecule has 1 atom stereocenters. The Morgan fingerprint density at radius 1 is 0.800 bits per heavy atom. The minimum Gasteiger partial charge on any atom is -0.497 e. The number of benzene rings is 3. The van der Waals surface area contributed by atoms with Crippen molar-refractivity contribution in [2.75, 3.05) is 14.2 Å². The number of rotatable bonds is 10. The van der Waals surface area contributed by atoms with E-state index in [1.807, 2.05) is 48.5 Å². The number of carbonyl (C=O) groups is 1. The Morgan fingerprint density at radius 3 is 2.10 bits per heavy atom. The number of carbonyl (C=O) groups excluding carboxylic acids is 1. The summed E-state index contributed by atoms with van der Waals surface area (Å²) in [5, 5.41) is 31.4. The quantitative estimate of drug-likeness (QED) is 0.237. The zero-order valence-electron chi connectivity index (χ0n) is 22.3. The number of hydrogen-bond acceptors (Lipinski definition) is 8. The summed E-state index contributed by atoms with van der Waals surface area (Å²) < 4.78 is 17.7. The molecule has 40 heavy (non-hydrogen) atoms. The van der Waals surface area contributed by atoms with Crippen molar-refractivity contribution in [2.45, 2.75) is 37.7 Å². The van der Waals surface area contributed by atoms with Crippen molar-refractivity contribution in [1.29, 1.82) is 0 Å². The summed E-state index contributed by atoms with van der Waals surface area (Å²) in [4.78, 5) is 17.0. The molecule has 5 rings (SSSR count). The van der Waals surface area contributed by atoms with Gasteiger partial charge in [-0.25, -0.2) is 4.79 Å². The van der Waals surface area contributed by atoms with Gasteiger partial charge in [0.1, 0.15) is 28.6 Å². The predicted octanol–water partition coefficient (Wildman–Crippen LogP) is 5.06. The highest BCUT2D eigenvalue weighted by Gasteiger charge is 2.42. The molecular formula is C31H31NO8. The average molecular weight is 546 g/mol. The number of methoxy groups -OCH3 is 2. The molecule has 2 heterocycles. The van der Waals surface area contributed by atoms with Crippen LogP contribution in [0.25, 0.3) is 0 Å². The molecule has 1 aliphatic rings. The maximum atomic E-state index is 12.3. The van der Waals surface area contributed by atoms with Gasteiger partial charge in [-0.05, 0) is 60.7 Å². The Bertz CT molecular complexity index is 1490. The Kier molecular flexibility index (Phi) is 7.57. The predicted molar refractivity (Wildman–Crippen MR) is 146 cm³/mol. The Morgan fingerprint density at radius 2 is 1.43 bits per heavy atom. The van der Waals surface area contributed by atoms with Crippen molar-refractivity contribution in [2.24, 2.45) is 0 Å². The van der Waals surface area contributed by atoms with Crippen LogP contribution in [0.4, 0.5) is 0 Å². The van der Waals surface area contributed by atoms with E-state index < -0.39 is 11.6 Å². The number of fused-ring (bicyclic) bond motifs is 2. The molecule has 1 unspecified atom stereocenters. The molecule has 0 saturated heterocycles. The van der Waals surface area contributed by atoms with E-state index >= 15 is 0 Å². The average Bonchev–Trinajstić information content (AvgIpc) is 3.28. The summed E-state index contributed by atoms with van der Waals surface area (Å²) in [6.07, 6.45) is 3.08. The topological polar surface area (TPSA) is 120 Å². The second-order valence-electron chi connectivity index (χ2n) is 9.60. The zero-order chi connectivity index (χ0) is 28.3. The molecule has 208 valence electrons. The normalized spacial score (nSPS) is 15.5. The van der Waals surface area contributed by atoms with Crippen LogP contribution in [-0.2, 0) is 16.8 Å².